The maximum absolute atomic E-state index is 14.0. The molecule has 0 aromatic heterocycles. The van der Waals surface area contributed by atoms with Crippen LogP contribution in [0, 0.1) is 5.82 Å². The number of hydrogen-bond acceptors (Lipinski definition) is 2. The third-order valence-electron chi connectivity index (χ3n) is 4.21. The minimum atomic E-state index is -0.985. The van der Waals surface area contributed by atoms with E-state index in [2.05, 4.69) is 5.32 Å². The van der Waals surface area contributed by atoms with Crippen LogP contribution < -0.4 is 5.32 Å². The molecule has 0 saturated heterocycles. The molecule has 1 aromatic carbocycles. The van der Waals surface area contributed by atoms with Gasteiger partial charge in [-0.2, -0.15) is 0 Å². The van der Waals surface area contributed by atoms with Crippen molar-refractivity contribution in [1.82, 2.24) is 0 Å². The van der Waals surface area contributed by atoms with Crippen LogP contribution in [0.1, 0.15) is 36.8 Å². The van der Waals surface area contributed by atoms with E-state index in [9.17, 15) is 19.1 Å². The van der Waals surface area contributed by atoms with Gasteiger partial charge in [0.05, 0.1) is 17.5 Å². The number of carboxylic acid groups (broad SMARTS) is 1. The van der Waals surface area contributed by atoms with E-state index in [1.165, 1.54) is 6.07 Å². The molecule has 3 rings (SSSR count). The van der Waals surface area contributed by atoms with Crippen LogP contribution in [0.4, 0.5) is 10.1 Å². The van der Waals surface area contributed by atoms with E-state index in [0.717, 1.165) is 12.8 Å². The van der Waals surface area contributed by atoms with E-state index < -0.39 is 17.2 Å². The summed E-state index contributed by atoms with van der Waals surface area (Å²) in [5.41, 5.74) is 0.270. The summed E-state index contributed by atoms with van der Waals surface area (Å²) in [6, 6.07) is 2.94. The Morgan fingerprint density at radius 3 is 2.63 bits per heavy atom. The van der Waals surface area contributed by atoms with Crippen LogP contribution in [0.15, 0.2) is 12.1 Å². The van der Waals surface area contributed by atoms with Crippen LogP contribution in [0.3, 0.4) is 0 Å². The average Bonchev–Trinajstić information content (AvgIpc) is 2.94. The Kier molecular flexibility index (Phi) is 2.59. The second-order valence-electron chi connectivity index (χ2n) is 5.31. The summed E-state index contributed by atoms with van der Waals surface area (Å²) in [7, 11) is 0. The number of carbonyl (C=O) groups excluding carboxylic acids is 1. The molecule has 0 unspecified atom stereocenters. The van der Waals surface area contributed by atoms with Crippen molar-refractivity contribution in [3.8, 4) is 0 Å². The van der Waals surface area contributed by atoms with Gasteiger partial charge in [-0.05, 0) is 30.0 Å². The third-order valence-corrected chi connectivity index (χ3v) is 4.21. The Morgan fingerprint density at radius 1 is 1.32 bits per heavy atom. The molecule has 1 aliphatic carbocycles. The summed E-state index contributed by atoms with van der Waals surface area (Å²) in [5.74, 6) is -1.69. The highest BCUT2D eigenvalue weighted by atomic mass is 19.1. The Labute approximate surface area is 109 Å². The van der Waals surface area contributed by atoms with Gasteiger partial charge in [0.1, 0.15) is 5.82 Å². The summed E-state index contributed by atoms with van der Waals surface area (Å²) < 4.78 is 14.0. The number of fused-ring (bicyclic) bond motifs is 1. The SMILES string of the molecule is O=C1Cc2cc(C3(C(=O)O)CCCC3)cc(F)c2N1. The van der Waals surface area contributed by atoms with Gasteiger partial charge in [-0.1, -0.05) is 18.9 Å². The molecule has 1 aromatic rings. The van der Waals surface area contributed by atoms with Crippen molar-refractivity contribution < 1.29 is 19.1 Å². The number of benzene rings is 1. The molecule has 2 aliphatic rings. The monoisotopic (exact) mass is 263 g/mol. The van der Waals surface area contributed by atoms with Crippen molar-refractivity contribution >= 4 is 17.6 Å². The van der Waals surface area contributed by atoms with Gasteiger partial charge >= 0.3 is 5.97 Å². The molecule has 1 aliphatic heterocycles. The van der Waals surface area contributed by atoms with Crippen molar-refractivity contribution in [3.63, 3.8) is 0 Å². The van der Waals surface area contributed by atoms with Gasteiger partial charge in [-0.3, -0.25) is 9.59 Å². The first-order chi connectivity index (χ1) is 9.03. The fourth-order valence-electron chi connectivity index (χ4n) is 3.18. The van der Waals surface area contributed by atoms with Gasteiger partial charge < -0.3 is 10.4 Å². The third kappa shape index (κ3) is 1.72. The lowest BCUT2D eigenvalue weighted by atomic mass is 9.78. The topological polar surface area (TPSA) is 66.4 Å². The molecule has 0 bridgehead atoms. The average molecular weight is 263 g/mol. The first-order valence-electron chi connectivity index (χ1n) is 6.39. The molecular weight excluding hydrogens is 249 g/mol. The normalized spacial score (nSPS) is 20.2. The largest absolute Gasteiger partial charge is 0.481 e. The summed E-state index contributed by atoms with van der Waals surface area (Å²) in [6.07, 6.45) is 2.85. The molecule has 19 heavy (non-hydrogen) atoms. The van der Waals surface area contributed by atoms with Crippen molar-refractivity contribution in [3.05, 3.63) is 29.1 Å². The van der Waals surface area contributed by atoms with Crippen LogP contribution in [0.2, 0.25) is 0 Å². The predicted molar refractivity (Wildman–Crippen MR) is 66.5 cm³/mol. The van der Waals surface area contributed by atoms with Crippen molar-refractivity contribution in [2.75, 3.05) is 5.32 Å². The number of hydrogen-bond donors (Lipinski definition) is 2. The van der Waals surface area contributed by atoms with Crippen molar-refractivity contribution in [1.29, 1.82) is 0 Å². The van der Waals surface area contributed by atoms with Crippen LogP contribution in [0.25, 0.3) is 0 Å². The minimum Gasteiger partial charge on any atom is -0.481 e. The highest BCUT2D eigenvalue weighted by Gasteiger charge is 2.44. The molecular formula is C14H14FNO3. The van der Waals surface area contributed by atoms with Crippen LogP contribution in [0.5, 0.6) is 0 Å². The predicted octanol–water partition coefficient (Wildman–Crippen LogP) is 2.22. The first-order valence-corrected chi connectivity index (χ1v) is 6.39. The zero-order valence-corrected chi connectivity index (χ0v) is 10.3. The second kappa shape index (κ2) is 4.05. The van der Waals surface area contributed by atoms with Gasteiger partial charge in [0.25, 0.3) is 0 Å². The lowest BCUT2D eigenvalue weighted by Gasteiger charge is -2.25. The van der Waals surface area contributed by atoms with Crippen LogP contribution >= 0.6 is 0 Å². The number of amides is 1. The summed E-state index contributed by atoms with van der Waals surface area (Å²) in [5, 5.41) is 12.0. The number of nitrogens with one attached hydrogen (secondary N) is 1. The van der Waals surface area contributed by atoms with E-state index in [1.54, 1.807) is 6.07 Å². The smallest absolute Gasteiger partial charge is 0.314 e. The summed E-state index contributed by atoms with van der Waals surface area (Å²) in [6.45, 7) is 0. The zero-order valence-electron chi connectivity index (χ0n) is 10.3. The Hall–Kier alpha value is -1.91. The van der Waals surface area contributed by atoms with Gasteiger partial charge in [0, 0.05) is 0 Å². The number of carbonyl (C=O) groups is 2. The number of aliphatic carboxylic acids is 1. The van der Waals surface area contributed by atoms with E-state index in [1.807, 2.05) is 0 Å². The van der Waals surface area contributed by atoms with E-state index in [-0.39, 0.29) is 18.0 Å². The quantitative estimate of drug-likeness (QED) is 0.859. The van der Waals surface area contributed by atoms with Crippen LogP contribution in [-0.4, -0.2) is 17.0 Å². The molecule has 0 radical (unpaired) electrons. The van der Waals surface area contributed by atoms with Gasteiger partial charge in [0.15, 0.2) is 0 Å². The van der Waals surface area contributed by atoms with Gasteiger partial charge in [0.2, 0.25) is 5.91 Å². The van der Waals surface area contributed by atoms with E-state index >= 15 is 0 Å². The molecule has 0 spiro atoms. The first kappa shape index (κ1) is 12.1. The number of rotatable bonds is 2. The van der Waals surface area contributed by atoms with E-state index in [0.29, 0.717) is 24.0 Å². The zero-order chi connectivity index (χ0) is 13.6. The fourth-order valence-corrected chi connectivity index (χ4v) is 3.18. The van der Waals surface area contributed by atoms with E-state index in [4.69, 9.17) is 0 Å². The van der Waals surface area contributed by atoms with Gasteiger partial charge in [-0.25, -0.2) is 4.39 Å². The Balaban J connectivity index is 2.11. The molecule has 1 amide bonds. The maximum atomic E-state index is 14.0. The molecule has 2 N–H and O–H groups in total. The molecule has 1 heterocycles. The van der Waals surface area contributed by atoms with Crippen LogP contribution in [-0.2, 0) is 21.4 Å². The molecule has 4 nitrogen and oxygen atoms in total. The highest BCUT2D eigenvalue weighted by Crippen LogP contribution is 2.43. The van der Waals surface area contributed by atoms with Crippen molar-refractivity contribution in [2.45, 2.75) is 37.5 Å². The summed E-state index contributed by atoms with van der Waals surface area (Å²) in [4.78, 5) is 22.9. The lowest BCUT2D eigenvalue weighted by Crippen LogP contribution is -2.32. The fraction of sp³-hybridized carbons (Fsp3) is 0.429. The standard InChI is InChI=1S/C14H14FNO3/c15-10-7-9(5-8-6-11(17)16-12(8)10)14(13(18)19)3-1-2-4-14/h5,7H,1-4,6H2,(H,16,17)(H,18,19). The number of carboxylic acids is 1. The molecule has 100 valence electrons. The highest BCUT2D eigenvalue weighted by molar-refractivity contribution is 5.99. The molecule has 1 saturated carbocycles. The second-order valence-corrected chi connectivity index (χ2v) is 5.31. The molecule has 1 fully saturated rings. The number of halogens is 1. The van der Waals surface area contributed by atoms with Crippen molar-refractivity contribution in [2.24, 2.45) is 0 Å². The minimum absolute atomic E-state index is 0.121. The maximum Gasteiger partial charge on any atom is 0.314 e. The van der Waals surface area contributed by atoms with Gasteiger partial charge in [-0.15, -0.1) is 0 Å². The number of anilines is 1. The Bertz CT molecular complexity index is 576. The summed E-state index contributed by atoms with van der Waals surface area (Å²) >= 11 is 0. The lowest BCUT2D eigenvalue weighted by molar-refractivity contribution is -0.143. The Morgan fingerprint density at radius 2 is 2.00 bits per heavy atom. The molecule has 5 heteroatoms. The molecule has 0 atom stereocenters.